The van der Waals surface area contributed by atoms with Crippen LogP contribution in [0.25, 0.3) is 0 Å². The van der Waals surface area contributed by atoms with Gasteiger partial charge in [-0.25, -0.2) is 9.97 Å². The predicted octanol–water partition coefficient (Wildman–Crippen LogP) is 0.933. The van der Waals surface area contributed by atoms with E-state index in [2.05, 4.69) is 15.3 Å². The van der Waals surface area contributed by atoms with Gasteiger partial charge in [0.25, 0.3) is 0 Å². The molecule has 5 nitrogen and oxygen atoms in total. The molecule has 0 amide bonds. The number of ether oxygens (including phenoxy) is 1. The monoisotopic (exact) mass is 217 g/mol. The molecule has 0 spiro atoms. The quantitative estimate of drug-likeness (QED) is 0.568. The third kappa shape index (κ3) is 2.71. The molecule has 0 unspecified atom stereocenters. The molecule has 0 aliphatic heterocycles. The maximum absolute atomic E-state index is 8.60. The predicted molar refractivity (Wildman–Crippen MR) is 53.8 cm³/mol. The Morgan fingerprint density at radius 3 is 3.00 bits per heavy atom. The average Bonchev–Trinajstić information content (AvgIpc) is 2.18. The molecule has 2 N–H and O–H groups in total. The van der Waals surface area contributed by atoms with Crippen molar-refractivity contribution in [3.63, 3.8) is 0 Å². The number of nitrogens with one attached hydrogen (secondary N) is 1. The van der Waals surface area contributed by atoms with Crippen molar-refractivity contribution in [3.05, 3.63) is 11.5 Å². The maximum atomic E-state index is 8.60. The topological polar surface area (TPSA) is 67.3 Å². The van der Waals surface area contributed by atoms with Gasteiger partial charge in [-0.15, -0.1) is 0 Å². The lowest BCUT2D eigenvalue weighted by Crippen LogP contribution is -2.07. The SMILES string of the molecule is COc1c(Cl)ncnc1NCCCO. The maximum Gasteiger partial charge on any atom is 0.198 e. The minimum Gasteiger partial charge on any atom is -0.490 e. The van der Waals surface area contributed by atoms with Gasteiger partial charge in [-0.2, -0.15) is 0 Å². The number of hydrogen-bond donors (Lipinski definition) is 2. The first-order chi connectivity index (χ1) is 6.79. The van der Waals surface area contributed by atoms with Crippen molar-refractivity contribution in [1.29, 1.82) is 0 Å². The highest BCUT2D eigenvalue weighted by Gasteiger charge is 2.08. The Kier molecular flexibility index (Phi) is 4.42. The molecule has 0 saturated heterocycles. The summed E-state index contributed by atoms with van der Waals surface area (Å²) >= 11 is 5.78. The average molecular weight is 218 g/mol. The Morgan fingerprint density at radius 2 is 2.36 bits per heavy atom. The summed E-state index contributed by atoms with van der Waals surface area (Å²) in [5, 5.41) is 11.9. The molecule has 1 aromatic rings. The number of methoxy groups -OCH3 is 1. The normalized spacial score (nSPS) is 9.93. The summed E-state index contributed by atoms with van der Waals surface area (Å²) in [6, 6.07) is 0. The van der Waals surface area contributed by atoms with Crippen LogP contribution < -0.4 is 10.1 Å². The van der Waals surface area contributed by atoms with Gasteiger partial charge in [-0.05, 0) is 6.42 Å². The zero-order valence-electron chi connectivity index (χ0n) is 7.83. The number of aliphatic hydroxyl groups is 1. The zero-order chi connectivity index (χ0) is 10.4. The van der Waals surface area contributed by atoms with E-state index >= 15 is 0 Å². The van der Waals surface area contributed by atoms with E-state index in [1.165, 1.54) is 13.4 Å². The Bertz CT molecular complexity index is 296. The Labute approximate surface area is 87.1 Å². The van der Waals surface area contributed by atoms with Crippen LogP contribution in [0.15, 0.2) is 6.33 Å². The molecule has 0 atom stereocenters. The smallest absolute Gasteiger partial charge is 0.198 e. The van der Waals surface area contributed by atoms with Crippen molar-refractivity contribution in [1.82, 2.24) is 9.97 Å². The van der Waals surface area contributed by atoms with Crippen LogP contribution in [0.5, 0.6) is 5.75 Å². The van der Waals surface area contributed by atoms with Crippen LogP contribution in [-0.4, -0.2) is 35.3 Å². The molecule has 0 saturated carbocycles. The lowest BCUT2D eigenvalue weighted by molar-refractivity contribution is 0.292. The van der Waals surface area contributed by atoms with Crippen molar-refractivity contribution in [2.45, 2.75) is 6.42 Å². The summed E-state index contributed by atoms with van der Waals surface area (Å²) < 4.78 is 5.02. The van der Waals surface area contributed by atoms with Gasteiger partial charge in [0.1, 0.15) is 6.33 Å². The van der Waals surface area contributed by atoms with Crippen LogP contribution >= 0.6 is 11.6 Å². The first-order valence-electron chi connectivity index (χ1n) is 4.18. The van der Waals surface area contributed by atoms with E-state index in [1.54, 1.807) is 0 Å². The van der Waals surface area contributed by atoms with Crippen LogP contribution in [0.2, 0.25) is 5.15 Å². The lowest BCUT2D eigenvalue weighted by atomic mass is 10.4. The van der Waals surface area contributed by atoms with Gasteiger partial charge in [0.05, 0.1) is 7.11 Å². The third-order valence-corrected chi connectivity index (χ3v) is 1.86. The molecule has 6 heteroatoms. The van der Waals surface area contributed by atoms with E-state index in [1.807, 2.05) is 0 Å². The number of hydrogen-bond acceptors (Lipinski definition) is 5. The van der Waals surface area contributed by atoms with Gasteiger partial charge in [0, 0.05) is 13.2 Å². The van der Waals surface area contributed by atoms with E-state index in [0.717, 1.165) is 0 Å². The first kappa shape index (κ1) is 11.0. The molecule has 1 rings (SSSR count). The van der Waals surface area contributed by atoms with E-state index in [4.69, 9.17) is 21.4 Å². The molecular weight excluding hydrogens is 206 g/mol. The third-order valence-electron chi connectivity index (χ3n) is 1.59. The van der Waals surface area contributed by atoms with Gasteiger partial charge in [-0.3, -0.25) is 0 Å². The van der Waals surface area contributed by atoms with Crippen molar-refractivity contribution in [3.8, 4) is 5.75 Å². The fourth-order valence-electron chi connectivity index (χ4n) is 0.945. The van der Waals surface area contributed by atoms with Gasteiger partial charge in [-0.1, -0.05) is 11.6 Å². The lowest BCUT2D eigenvalue weighted by Gasteiger charge is -2.09. The number of nitrogens with zero attached hydrogens (tertiary/aromatic N) is 2. The molecular formula is C8H12ClN3O2. The van der Waals surface area contributed by atoms with E-state index in [0.29, 0.717) is 24.5 Å². The van der Waals surface area contributed by atoms with Crippen molar-refractivity contribution >= 4 is 17.4 Å². The Hall–Kier alpha value is -1.07. The van der Waals surface area contributed by atoms with Crippen molar-refractivity contribution in [2.24, 2.45) is 0 Å². The number of aromatic nitrogens is 2. The molecule has 0 aromatic carbocycles. The second kappa shape index (κ2) is 5.62. The molecule has 78 valence electrons. The van der Waals surface area contributed by atoms with Gasteiger partial charge in [0.2, 0.25) is 0 Å². The standard InChI is InChI=1S/C8H12ClN3O2/c1-14-6-7(9)11-5-12-8(6)10-3-2-4-13/h5,13H,2-4H2,1H3,(H,10,11,12). The molecule has 0 aliphatic carbocycles. The summed E-state index contributed by atoms with van der Waals surface area (Å²) in [5.74, 6) is 0.966. The van der Waals surface area contributed by atoms with Gasteiger partial charge in [0.15, 0.2) is 16.7 Å². The highest BCUT2D eigenvalue weighted by atomic mass is 35.5. The highest BCUT2D eigenvalue weighted by Crippen LogP contribution is 2.27. The van der Waals surface area contributed by atoms with Crippen LogP contribution in [0.1, 0.15) is 6.42 Å². The summed E-state index contributed by atoms with van der Waals surface area (Å²) in [4.78, 5) is 7.75. The molecule has 0 radical (unpaired) electrons. The van der Waals surface area contributed by atoms with E-state index < -0.39 is 0 Å². The number of rotatable bonds is 5. The molecule has 0 fully saturated rings. The molecule has 1 heterocycles. The van der Waals surface area contributed by atoms with Crippen molar-refractivity contribution < 1.29 is 9.84 Å². The summed E-state index contributed by atoms with van der Waals surface area (Å²) in [7, 11) is 1.50. The minimum absolute atomic E-state index is 0.133. The number of halogens is 1. The molecule has 1 aromatic heterocycles. The van der Waals surface area contributed by atoms with Gasteiger partial charge >= 0.3 is 0 Å². The van der Waals surface area contributed by atoms with E-state index in [9.17, 15) is 0 Å². The molecule has 0 bridgehead atoms. The van der Waals surface area contributed by atoms with Crippen LogP contribution in [0, 0.1) is 0 Å². The number of anilines is 1. The summed E-state index contributed by atoms with van der Waals surface area (Å²) in [6.45, 7) is 0.744. The Morgan fingerprint density at radius 1 is 1.57 bits per heavy atom. The van der Waals surface area contributed by atoms with Crippen molar-refractivity contribution in [2.75, 3.05) is 25.6 Å². The number of aliphatic hydroxyl groups excluding tert-OH is 1. The summed E-state index contributed by atoms with van der Waals surface area (Å²) in [5.41, 5.74) is 0. The largest absolute Gasteiger partial charge is 0.490 e. The molecule has 14 heavy (non-hydrogen) atoms. The Balaban J connectivity index is 2.70. The molecule has 0 aliphatic rings. The first-order valence-corrected chi connectivity index (χ1v) is 4.56. The fourth-order valence-corrected chi connectivity index (χ4v) is 1.16. The highest BCUT2D eigenvalue weighted by molar-refractivity contribution is 6.31. The van der Waals surface area contributed by atoms with Crippen LogP contribution in [0.4, 0.5) is 5.82 Å². The van der Waals surface area contributed by atoms with Crippen LogP contribution in [-0.2, 0) is 0 Å². The minimum atomic E-state index is 0.133. The second-order valence-corrected chi connectivity index (χ2v) is 2.91. The van der Waals surface area contributed by atoms with E-state index in [-0.39, 0.29) is 11.8 Å². The zero-order valence-corrected chi connectivity index (χ0v) is 8.58. The fraction of sp³-hybridized carbons (Fsp3) is 0.500. The van der Waals surface area contributed by atoms with Crippen LogP contribution in [0.3, 0.4) is 0 Å². The van der Waals surface area contributed by atoms with Gasteiger partial charge < -0.3 is 15.2 Å². The second-order valence-electron chi connectivity index (χ2n) is 2.55. The summed E-state index contributed by atoms with van der Waals surface area (Å²) in [6.07, 6.45) is 2.00.